The van der Waals surface area contributed by atoms with Crippen LogP contribution in [0.5, 0.6) is 0 Å². The average Bonchev–Trinajstić information content (AvgIpc) is 2.64. The van der Waals surface area contributed by atoms with Crippen LogP contribution in [0.2, 0.25) is 0 Å². The highest BCUT2D eigenvalue weighted by Crippen LogP contribution is 2.30. The van der Waals surface area contributed by atoms with Crippen LogP contribution in [0.25, 0.3) is 0 Å². The first-order valence-corrected chi connectivity index (χ1v) is 6.87. The van der Waals surface area contributed by atoms with Crippen molar-refractivity contribution in [1.82, 2.24) is 9.97 Å². The van der Waals surface area contributed by atoms with Crippen LogP contribution in [0.4, 0.5) is 11.6 Å². The van der Waals surface area contributed by atoms with Gasteiger partial charge < -0.3 is 10.2 Å². The Labute approximate surface area is 110 Å². The van der Waals surface area contributed by atoms with Gasteiger partial charge in [-0.3, -0.25) is 0 Å². The maximum absolute atomic E-state index is 4.64. The third-order valence-corrected chi connectivity index (χ3v) is 3.86. The summed E-state index contributed by atoms with van der Waals surface area (Å²) in [6, 6.07) is 0. The molecule has 1 saturated heterocycles. The Bertz CT molecular complexity index is 420. The van der Waals surface area contributed by atoms with Crippen molar-refractivity contribution < 1.29 is 0 Å². The topological polar surface area (TPSA) is 41.1 Å². The minimum Gasteiger partial charge on any atom is -0.370 e. The van der Waals surface area contributed by atoms with Gasteiger partial charge in [0.1, 0.15) is 17.5 Å². The molecule has 2 unspecified atom stereocenters. The quantitative estimate of drug-likeness (QED) is 0.892. The number of aryl methyl sites for hydroxylation is 1. The molecule has 1 aromatic rings. The lowest BCUT2D eigenvalue weighted by Crippen LogP contribution is -2.23. The van der Waals surface area contributed by atoms with Crippen molar-refractivity contribution in [3.05, 3.63) is 11.4 Å². The van der Waals surface area contributed by atoms with Crippen molar-refractivity contribution in [2.24, 2.45) is 11.8 Å². The van der Waals surface area contributed by atoms with Crippen LogP contribution in [-0.4, -0.2) is 29.6 Å². The molecule has 0 radical (unpaired) electrons. The fraction of sp³-hybridized carbons (Fsp3) is 0.714. The fourth-order valence-electron chi connectivity index (χ4n) is 2.56. The lowest BCUT2D eigenvalue weighted by molar-refractivity contribution is 0.494. The summed E-state index contributed by atoms with van der Waals surface area (Å²) in [5.41, 5.74) is 1.17. The summed E-state index contributed by atoms with van der Waals surface area (Å²) in [6.45, 7) is 13.9. The predicted molar refractivity (Wildman–Crippen MR) is 76.2 cm³/mol. The van der Waals surface area contributed by atoms with E-state index in [1.807, 2.05) is 6.92 Å². The van der Waals surface area contributed by atoms with E-state index in [2.05, 4.69) is 47.9 Å². The van der Waals surface area contributed by atoms with E-state index in [0.717, 1.165) is 48.9 Å². The van der Waals surface area contributed by atoms with E-state index < -0.39 is 0 Å². The Morgan fingerprint density at radius 3 is 2.33 bits per heavy atom. The molecule has 0 amide bonds. The van der Waals surface area contributed by atoms with Crippen LogP contribution in [0.3, 0.4) is 0 Å². The van der Waals surface area contributed by atoms with Gasteiger partial charge in [0.15, 0.2) is 0 Å². The van der Waals surface area contributed by atoms with E-state index in [0.29, 0.717) is 0 Å². The van der Waals surface area contributed by atoms with Crippen molar-refractivity contribution in [2.45, 2.75) is 34.6 Å². The Morgan fingerprint density at radius 1 is 1.17 bits per heavy atom. The van der Waals surface area contributed by atoms with Crippen LogP contribution in [0.1, 0.15) is 32.2 Å². The van der Waals surface area contributed by atoms with Gasteiger partial charge in [0.05, 0.1) is 0 Å². The predicted octanol–water partition coefficient (Wildman–Crippen LogP) is 2.62. The zero-order valence-electron chi connectivity index (χ0n) is 12.1. The molecule has 2 rings (SSSR count). The summed E-state index contributed by atoms with van der Waals surface area (Å²) >= 11 is 0. The summed E-state index contributed by atoms with van der Waals surface area (Å²) in [5, 5.41) is 3.33. The van der Waals surface area contributed by atoms with Crippen molar-refractivity contribution in [3.8, 4) is 0 Å². The third kappa shape index (κ3) is 2.42. The summed E-state index contributed by atoms with van der Waals surface area (Å²) in [4.78, 5) is 11.5. The molecule has 4 heteroatoms. The zero-order valence-corrected chi connectivity index (χ0v) is 12.1. The highest BCUT2D eigenvalue weighted by atomic mass is 15.2. The van der Waals surface area contributed by atoms with Crippen LogP contribution >= 0.6 is 0 Å². The molecule has 100 valence electrons. The lowest BCUT2D eigenvalue weighted by Gasteiger charge is -2.21. The monoisotopic (exact) mass is 248 g/mol. The van der Waals surface area contributed by atoms with E-state index >= 15 is 0 Å². The molecule has 1 N–H and O–H groups in total. The van der Waals surface area contributed by atoms with E-state index in [1.165, 1.54) is 5.56 Å². The molecule has 1 aromatic heterocycles. The molecule has 2 atom stereocenters. The van der Waals surface area contributed by atoms with E-state index in [9.17, 15) is 0 Å². The first-order valence-electron chi connectivity index (χ1n) is 6.87. The van der Waals surface area contributed by atoms with Gasteiger partial charge in [0, 0.05) is 25.2 Å². The maximum Gasteiger partial charge on any atom is 0.137 e. The highest BCUT2D eigenvalue weighted by molar-refractivity contribution is 5.59. The zero-order chi connectivity index (χ0) is 13.3. The van der Waals surface area contributed by atoms with Crippen LogP contribution < -0.4 is 10.2 Å². The molecule has 1 aliphatic heterocycles. The Morgan fingerprint density at radius 2 is 1.78 bits per heavy atom. The number of aromatic nitrogens is 2. The summed E-state index contributed by atoms with van der Waals surface area (Å²) in [5.74, 6) is 4.41. The molecule has 0 saturated carbocycles. The second-order valence-corrected chi connectivity index (χ2v) is 5.46. The summed E-state index contributed by atoms with van der Waals surface area (Å²) in [7, 11) is 0. The van der Waals surface area contributed by atoms with Crippen molar-refractivity contribution >= 4 is 11.6 Å². The van der Waals surface area contributed by atoms with Gasteiger partial charge in [-0.1, -0.05) is 13.8 Å². The van der Waals surface area contributed by atoms with Gasteiger partial charge in [-0.15, -0.1) is 0 Å². The van der Waals surface area contributed by atoms with Gasteiger partial charge >= 0.3 is 0 Å². The first kappa shape index (κ1) is 13.1. The number of nitrogens with one attached hydrogen (secondary N) is 1. The van der Waals surface area contributed by atoms with Gasteiger partial charge in [0.25, 0.3) is 0 Å². The number of hydrogen-bond acceptors (Lipinski definition) is 4. The van der Waals surface area contributed by atoms with Gasteiger partial charge in [-0.2, -0.15) is 0 Å². The normalized spacial score (nSPS) is 23.5. The van der Waals surface area contributed by atoms with Gasteiger partial charge in [-0.25, -0.2) is 9.97 Å². The minimum atomic E-state index is 0.738. The van der Waals surface area contributed by atoms with Crippen molar-refractivity contribution in [3.63, 3.8) is 0 Å². The Hall–Kier alpha value is -1.32. The largest absolute Gasteiger partial charge is 0.370 e. The molecule has 0 bridgehead atoms. The summed E-state index contributed by atoms with van der Waals surface area (Å²) < 4.78 is 0. The summed E-state index contributed by atoms with van der Waals surface area (Å²) in [6.07, 6.45) is 0. The molecule has 0 aliphatic carbocycles. The smallest absolute Gasteiger partial charge is 0.137 e. The molecule has 2 heterocycles. The van der Waals surface area contributed by atoms with Crippen LogP contribution in [-0.2, 0) is 0 Å². The average molecular weight is 248 g/mol. The molecule has 18 heavy (non-hydrogen) atoms. The minimum absolute atomic E-state index is 0.738. The number of nitrogens with zero attached hydrogens (tertiary/aromatic N) is 3. The highest BCUT2D eigenvalue weighted by Gasteiger charge is 2.28. The van der Waals surface area contributed by atoms with Gasteiger partial charge in [-0.05, 0) is 32.6 Å². The van der Waals surface area contributed by atoms with E-state index in [-0.39, 0.29) is 0 Å². The molecule has 0 aromatic carbocycles. The molecule has 1 aliphatic rings. The van der Waals surface area contributed by atoms with E-state index in [4.69, 9.17) is 0 Å². The molecule has 1 fully saturated rings. The Kier molecular flexibility index (Phi) is 3.73. The fourth-order valence-corrected chi connectivity index (χ4v) is 2.56. The standard InChI is InChI=1S/C14H24N4/c1-6-15-13-11(4)14(17-12(5)16-13)18-7-9(2)10(3)8-18/h9-10H,6-8H2,1-5H3,(H,15,16,17). The SMILES string of the molecule is CCNc1nc(C)nc(N2CC(C)C(C)C2)c1C. The number of rotatable bonds is 3. The lowest BCUT2D eigenvalue weighted by atomic mass is 10.0. The molecular weight excluding hydrogens is 224 g/mol. The number of anilines is 2. The van der Waals surface area contributed by atoms with Crippen LogP contribution in [0.15, 0.2) is 0 Å². The number of hydrogen-bond donors (Lipinski definition) is 1. The molecule has 4 nitrogen and oxygen atoms in total. The second kappa shape index (κ2) is 5.12. The van der Waals surface area contributed by atoms with E-state index in [1.54, 1.807) is 0 Å². The maximum atomic E-state index is 4.64. The second-order valence-electron chi connectivity index (χ2n) is 5.46. The molecule has 0 spiro atoms. The van der Waals surface area contributed by atoms with Crippen molar-refractivity contribution in [2.75, 3.05) is 29.9 Å². The molecular formula is C14H24N4. The first-order chi connectivity index (χ1) is 8.52. The van der Waals surface area contributed by atoms with Crippen molar-refractivity contribution in [1.29, 1.82) is 0 Å². The third-order valence-electron chi connectivity index (χ3n) is 3.86. The Balaban J connectivity index is 2.33. The van der Waals surface area contributed by atoms with Gasteiger partial charge in [0.2, 0.25) is 0 Å². The van der Waals surface area contributed by atoms with Crippen LogP contribution in [0, 0.1) is 25.7 Å².